The van der Waals surface area contributed by atoms with E-state index in [9.17, 15) is 4.79 Å². The van der Waals surface area contributed by atoms with Crippen molar-refractivity contribution in [3.05, 3.63) is 58.6 Å². The van der Waals surface area contributed by atoms with Crippen LogP contribution < -0.4 is 14.8 Å². The van der Waals surface area contributed by atoms with E-state index in [1.54, 1.807) is 12.1 Å². The van der Waals surface area contributed by atoms with E-state index >= 15 is 0 Å². The van der Waals surface area contributed by atoms with Crippen LogP contribution in [0.15, 0.2) is 42.5 Å². The lowest BCUT2D eigenvalue weighted by Gasteiger charge is -2.19. The number of benzene rings is 2. The van der Waals surface area contributed by atoms with Crippen molar-refractivity contribution in [1.82, 2.24) is 0 Å². The average Bonchev–Trinajstić information content (AvgIpc) is 2.60. The highest BCUT2D eigenvalue weighted by Gasteiger charge is 2.16. The second-order valence-electron chi connectivity index (χ2n) is 5.36. The van der Waals surface area contributed by atoms with Gasteiger partial charge >= 0.3 is 0 Å². The maximum atomic E-state index is 12.1. The molecule has 2 aromatic carbocycles. The number of hydrogen-bond donors (Lipinski definition) is 1. The van der Waals surface area contributed by atoms with E-state index in [4.69, 9.17) is 21.1 Å². The predicted octanol–water partition coefficient (Wildman–Crippen LogP) is 4.33. The first-order valence-corrected chi connectivity index (χ1v) is 8.21. The summed E-state index contributed by atoms with van der Waals surface area (Å²) >= 11 is 6.19. The molecule has 5 heteroatoms. The summed E-state index contributed by atoms with van der Waals surface area (Å²) in [5.41, 5.74) is 2.71. The number of aryl methyl sites for hydroxylation is 1. The highest BCUT2D eigenvalue weighted by molar-refractivity contribution is 6.32. The molecular weight excluding hydrogens is 326 g/mol. The van der Waals surface area contributed by atoms with E-state index in [0.29, 0.717) is 29.7 Å². The Morgan fingerprint density at radius 1 is 1.25 bits per heavy atom. The monoisotopic (exact) mass is 343 g/mol. The van der Waals surface area contributed by atoms with E-state index in [-0.39, 0.29) is 5.91 Å². The van der Waals surface area contributed by atoms with Gasteiger partial charge in [-0.25, -0.2) is 0 Å². The number of amides is 1. The van der Waals surface area contributed by atoms with Crippen LogP contribution in [0.2, 0.25) is 5.02 Å². The summed E-state index contributed by atoms with van der Waals surface area (Å²) in [6, 6.07) is 11.3. The molecule has 1 amide bonds. The third-order valence-electron chi connectivity index (χ3n) is 3.70. The van der Waals surface area contributed by atoms with Gasteiger partial charge in [0.25, 0.3) is 0 Å². The molecule has 0 aliphatic carbocycles. The zero-order valence-corrected chi connectivity index (χ0v) is 14.1. The average molecular weight is 344 g/mol. The van der Waals surface area contributed by atoms with Crippen LogP contribution in [0.25, 0.3) is 6.08 Å². The number of fused-ring (bicyclic) bond motifs is 1. The number of hydrogen-bond acceptors (Lipinski definition) is 3. The highest BCUT2D eigenvalue weighted by Crippen LogP contribution is 2.38. The van der Waals surface area contributed by atoms with E-state index < -0.39 is 0 Å². The minimum absolute atomic E-state index is 0.193. The molecule has 0 fully saturated rings. The van der Waals surface area contributed by atoms with Crippen LogP contribution in [-0.4, -0.2) is 19.1 Å². The number of nitrogens with one attached hydrogen (secondary N) is 1. The molecule has 24 heavy (non-hydrogen) atoms. The third kappa shape index (κ3) is 3.71. The fourth-order valence-corrected chi connectivity index (χ4v) is 2.80. The zero-order chi connectivity index (χ0) is 16.9. The molecular formula is C19H18ClNO3. The van der Waals surface area contributed by atoms with Gasteiger partial charge in [0, 0.05) is 11.8 Å². The van der Waals surface area contributed by atoms with Gasteiger partial charge < -0.3 is 14.8 Å². The van der Waals surface area contributed by atoms with E-state index in [1.165, 1.54) is 6.08 Å². The molecule has 0 aromatic heterocycles. The Kier molecular flexibility index (Phi) is 5.06. The Bertz CT molecular complexity index is 786. The number of carbonyl (C=O) groups excluding carboxylic acids is 1. The highest BCUT2D eigenvalue weighted by atomic mass is 35.5. The molecule has 0 unspecified atom stereocenters. The van der Waals surface area contributed by atoms with Crippen LogP contribution >= 0.6 is 11.6 Å². The first-order valence-electron chi connectivity index (χ1n) is 7.83. The molecule has 2 aromatic rings. The molecule has 0 saturated carbocycles. The van der Waals surface area contributed by atoms with Gasteiger partial charge in [-0.3, -0.25) is 4.79 Å². The smallest absolute Gasteiger partial charge is 0.248 e. The van der Waals surface area contributed by atoms with Crippen LogP contribution in [0.3, 0.4) is 0 Å². The molecule has 0 bridgehead atoms. The van der Waals surface area contributed by atoms with Crippen molar-refractivity contribution in [2.75, 3.05) is 18.5 Å². The lowest BCUT2D eigenvalue weighted by molar-refractivity contribution is -0.111. The van der Waals surface area contributed by atoms with Crippen LogP contribution in [0.4, 0.5) is 5.69 Å². The Balaban J connectivity index is 1.73. The molecule has 3 rings (SSSR count). The molecule has 0 radical (unpaired) electrons. The van der Waals surface area contributed by atoms with Gasteiger partial charge in [-0.1, -0.05) is 36.7 Å². The van der Waals surface area contributed by atoms with E-state index in [1.807, 2.05) is 30.3 Å². The molecule has 124 valence electrons. The van der Waals surface area contributed by atoms with Gasteiger partial charge in [0.15, 0.2) is 11.5 Å². The summed E-state index contributed by atoms with van der Waals surface area (Å²) in [4.78, 5) is 12.1. The maximum absolute atomic E-state index is 12.1. The Hall–Kier alpha value is -2.46. The summed E-state index contributed by atoms with van der Waals surface area (Å²) in [7, 11) is 0. The number of halogens is 1. The van der Waals surface area contributed by atoms with Gasteiger partial charge in [0.05, 0.1) is 5.02 Å². The molecule has 0 atom stereocenters. The summed E-state index contributed by atoms with van der Waals surface area (Å²) in [5, 5.41) is 3.37. The fourth-order valence-electron chi connectivity index (χ4n) is 2.52. The van der Waals surface area contributed by atoms with Gasteiger partial charge in [0.2, 0.25) is 5.91 Å². The predicted molar refractivity (Wildman–Crippen MR) is 95.9 cm³/mol. The fraction of sp³-hybridized carbons (Fsp3) is 0.211. The van der Waals surface area contributed by atoms with Crippen molar-refractivity contribution in [3.63, 3.8) is 0 Å². The number of ether oxygens (including phenoxy) is 2. The largest absolute Gasteiger partial charge is 0.486 e. The number of rotatable bonds is 4. The van der Waals surface area contributed by atoms with Crippen molar-refractivity contribution in [3.8, 4) is 11.5 Å². The lowest BCUT2D eigenvalue weighted by Crippen LogP contribution is -2.15. The van der Waals surface area contributed by atoms with Crippen molar-refractivity contribution in [1.29, 1.82) is 0 Å². The van der Waals surface area contributed by atoms with Crippen molar-refractivity contribution < 1.29 is 14.3 Å². The maximum Gasteiger partial charge on any atom is 0.248 e. The molecule has 0 saturated heterocycles. The quantitative estimate of drug-likeness (QED) is 0.841. The Morgan fingerprint density at radius 2 is 2.04 bits per heavy atom. The minimum atomic E-state index is -0.193. The van der Waals surface area contributed by atoms with Crippen molar-refractivity contribution >= 4 is 29.3 Å². The number of anilines is 1. The van der Waals surface area contributed by atoms with Crippen LogP contribution in [0.5, 0.6) is 11.5 Å². The van der Waals surface area contributed by atoms with Crippen molar-refractivity contribution in [2.45, 2.75) is 13.3 Å². The molecule has 0 spiro atoms. The van der Waals surface area contributed by atoms with Gasteiger partial charge in [-0.05, 0) is 41.8 Å². The van der Waals surface area contributed by atoms with Crippen LogP contribution in [-0.2, 0) is 11.2 Å². The molecule has 4 nitrogen and oxygen atoms in total. The third-order valence-corrected chi connectivity index (χ3v) is 3.98. The van der Waals surface area contributed by atoms with Gasteiger partial charge in [-0.15, -0.1) is 0 Å². The normalized spacial score (nSPS) is 13.1. The Labute approximate surface area is 146 Å². The minimum Gasteiger partial charge on any atom is -0.486 e. The summed E-state index contributed by atoms with van der Waals surface area (Å²) in [6.45, 7) is 3.03. The van der Waals surface area contributed by atoms with Crippen LogP contribution in [0, 0.1) is 0 Å². The standard InChI is InChI=1S/C19H18ClNO3/c1-2-14-5-3-4-6-16(14)21-18(22)8-7-13-11-15(20)19-17(12-13)23-9-10-24-19/h3-8,11-12H,2,9-10H2,1H3,(H,21,22)/b8-7+. The number of carbonyl (C=O) groups is 1. The lowest BCUT2D eigenvalue weighted by atomic mass is 10.1. The van der Waals surface area contributed by atoms with Crippen LogP contribution in [0.1, 0.15) is 18.1 Å². The molecule has 1 aliphatic rings. The summed E-state index contributed by atoms with van der Waals surface area (Å²) < 4.78 is 11.0. The summed E-state index contributed by atoms with van der Waals surface area (Å²) in [6.07, 6.45) is 4.04. The van der Waals surface area contributed by atoms with E-state index in [2.05, 4.69) is 12.2 Å². The second-order valence-corrected chi connectivity index (χ2v) is 5.77. The first kappa shape index (κ1) is 16.4. The van der Waals surface area contributed by atoms with E-state index in [0.717, 1.165) is 23.2 Å². The molecule has 1 heterocycles. The van der Waals surface area contributed by atoms with Crippen molar-refractivity contribution in [2.24, 2.45) is 0 Å². The zero-order valence-electron chi connectivity index (χ0n) is 13.3. The molecule has 1 N–H and O–H groups in total. The second kappa shape index (κ2) is 7.41. The Morgan fingerprint density at radius 3 is 2.88 bits per heavy atom. The SMILES string of the molecule is CCc1ccccc1NC(=O)/C=C/c1cc(Cl)c2c(c1)OCCO2. The molecule has 1 aliphatic heterocycles. The summed E-state index contributed by atoms with van der Waals surface area (Å²) in [5.74, 6) is 0.966. The number of para-hydroxylation sites is 1. The first-order chi connectivity index (χ1) is 11.7. The van der Waals surface area contributed by atoms with Gasteiger partial charge in [0.1, 0.15) is 13.2 Å². The topological polar surface area (TPSA) is 47.6 Å². The van der Waals surface area contributed by atoms with Gasteiger partial charge in [-0.2, -0.15) is 0 Å².